The second-order valence-electron chi connectivity index (χ2n) is 5.33. The van der Waals surface area contributed by atoms with Crippen LogP contribution in [0, 0.1) is 20.2 Å². The Bertz CT molecular complexity index is 879. The van der Waals surface area contributed by atoms with E-state index in [1.54, 1.807) is 24.3 Å². The van der Waals surface area contributed by atoms with E-state index >= 15 is 0 Å². The fourth-order valence-corrected chi connectivity index (χ4v) is 2.14. The highest BCUT2D eigenvalue weighted by atomic mass is 16.6. The minimum Gasteiger partial charge on any atom is -0.494 e. The zero-order valence-electron chi connectivity index (χ0n) is 14.6. The van der Waals surface area contributed by atoms with Gasteiger partial charge in [-0.2, -0.15) is 0 Å². The quantitative estimate of drug-likeness (QED) is 0.411. The smallest absolute Gasteiger partial charge is 0.339 e. The molecule has 0 fully saturated rings. The van der Waals surface area contributed by atoms with Crippen LogP contribution >= 0.6 is 0 Å². The third-order valence-corrected chi connectivity index (χ3v) is 3.34. The number of carbonyl (C=O) groups excluding carboxylic acids is 2. The average molecular weight is 389 g/mol. The van der Waals surface area contributed by atoms with Crippen molar-refractivity contribution in [1.29, 1.82) is 0 Å². The topological polar surface area (TPSA) is 151 Å². The number of benzene rings is 2. The molecule has 0 saturated carbocycles. The Morgan fingerprint density at radius 2 is 1.57 bits per heavy atom. The molecule has 0 saturated heterocycles. The Kier molecular flexibility index (Phi) is 6.58. The van der Waals surface area contributed by atoms with Crippen LogP contribution in [0.3, 0.4) is 0 Å². The normalized spacial score (nSPS) is 10.0. The molecule has 0 heterocycles. The monoisotopic (exact) mass is 389 g/mol. The highest BCUT2D eigenvalue weighted by Crippen LogP contribution is 2.23. The number of anilines is 1. The first-order valence-corrected chi connectivity index (χ1v) is 7.94. The summed E-state index contributed by atoms with van der Waals surface area (Å²) in [5.74, 6) is -1.13. The second kappa shape index (κ2) is 9.07. The van der Waals surface area contributed by atoms with Crippen molar-refractivity contribution in [3.8, 4) is 5.75 Å². The lowest BCUT2D eigenvalue weighted by Crippen LogP contribution is -2.21. The van der Waals surface area contributed by atoms with Crippen molar-refractivity contribution < 1.29 is 28.9 Å². The van der Waals surface area contributed by atoms with Crippen LogP contribution in [0.15, 0.2) is 42.5 Å². The van der Waals surface area contributed by atoms with Crippen LogP contribution < -0.4 is 10.1 Å². The number of hydrogen-bond acceptors (Lipinski definition) is 8. The Labute approximate surface area is 158 Å². The van der Waals surface area contributed by atoms with Crippen molar-refractivity contribution in [2.45, 2.75) is 6.92 Å². The van der Waals surface area contributed by atoms with E-state index in [1.807, 2.05) is 6.92 Å². The number of carbonyl (C=O) groups is 2. The van der Waals surface area contributed by atoms with E-state index in [-0.39, 0.29) is 0 Å². The summed E-state index contributed by atoms with van der Waals surface area (Å²) in [7, 11) is 0. The van der Waals surface area contributed by atoms with Gasteiger partial charge in [-0.1, -0.05) is 0 Å². The van der Waals surface area contributed by atoms with E-state index in [2.05, 4.69) is 5.32 Å². The van der Waals surface area contributed by atoms with Crippen LogP contribution in [0.25, 0.3) is 0 Å². The molecule has 0 unspecified atom stereocenters. The number of nitrogens with one attached hydrogen (secondary N) is 1. The molecule has 11 heteroatoms. The molecule has 0 atom stereocenters. The van der Waals surface area contributed by atoms with Crippen LogP contribution in [-0.2, 0) is 9.53 Å². The molecule has 2 rings (SSSR count). The van der Waals surface area contributed by atoms with Gasteiger partial charge in [0, 0.05) is 17.8 Å². The first-order valence-electron chi connectivity index (χ1n) is 7.94. The minimum atomic E-state index is -1.10. The molecule has 28 heavy (non-hydrogen) atoms. The molecule has 1 N–H and O–H groups in total. The van der Waals surface area contributed by atoms with Gasteiger partial charge in [0.15, 0.2) is 6.61 Å². The van der Waals surface area contributed by atoms with Crippen molar-refractivity contribution in [2.75, 3.05) is 18.5 Å². The summed E-state index contributed by atoms with van der Waals surface area (Å²) in [5.41, 5.74) is -1.25. The summed E-state index contributed by atoms with van der Waals surface area (Å²) in [6.07, 6.45) is 0. The Hall–Kier alpha value is -4.02. The zero-order valence-corrected chi connectivity index (χ0v) is 14.6. The van der Waals surface area contributed by atoms with Crippen LogP contribution in [0.1, 0.15) is 17.3 Å². The van der Waals surface area contributed by atoms with Gasteiger partial charge in [0.1, 0.15) is 5.75 Å². The summed E-state index contributed by atoms with van der Waals surface area (Å²) in [4.78, 5) is 43.8. The van der Waals surface area contributed by atoms with Gasteiger partial charge in [0.2, 0.25) is 0 Å². The first-order chi connectivity index (χ1) is 13.3. The van der Waals surface area contributed by atoms with E-state index < -0.39 is 45.3 Å². The number of hydrogen-bond donors (Lipinski definition) is 1. The fourth-order valence-electron chi connectivity index (χ4n) is 2.14. The lowest BCUT2D eigenvalue weighted by molar-refractivity contribution is -0.394. The van der Waals surface area contributed by atoms with E-state index in [1.165, 1.54) is 0 Å². The average Bonchev–Trinajstić information content (AvgIpc) is 2.67. The summed E-state index contributed by atoms with van der Waals surface area (Å²) in [5, 5.41) is 24.2. The molecule has 1 amide bonds. The van der Waals surface area contributed by atoms with E-state index in [4.69, 9.17) is 9.47 Å². The molecule has 0 aliphatic carbocycles. The number of nitro benzene ring substituents is 2. The van der Waals surface area contributed by atoms with Crippen LogP contribution in [0.4, 0.5) is 17.1 Å². The molecule has 0 radical (unpaired) electrons. The van der Waals surface area contributed by atoms with Gasteiger partial charge in [0.25, 0.3) is 17.3 Å². The van der Waals surface area contributed by atoms with Gasteiger partial charge >= 0.3 is 5.97 Å². The maximum atomic E-state index is 12.0. The van der Waals surface area contributed by atoms with Crippen molar-refractivity contribution in [3.63, 3.8) is 0 Å². The van der Waals surface area contributed by atoms with Crippen LogP contribution in [0.2, 0.25) is 0 Å². The van der Waals surface area contributed by atoms with Crippen molar-refractivity contribution >= 4 is 28.9 Å². The number of esters is 1. The number of rotatable bonds is 8. The Morgan fingerprint density at radius 3 is 2.07 bits per heavy atom. The molecule has 146 valence electrons. The predicted octanol–water partition coefficient (Wildman–Crippen LogP) is 2.70. The van der Waals surface area contributed by atoms with Crippen molar-refractivity contribution in [2.24, 2.45) is 0 Å². The van der Waals surface area contributed by atoms with Crippen molar-refractivity contribution in [3.05, 3.63) is 68.3 Å². The zero-order chi connectivity index (χ0) is 20.7. The number of nitrogens with zero attached hydrogens (tertiary/aromatic N) is 2. The molecule has 2 aromatic rings. The summed E-state index contributed by atoms with van der Waals surface area (Å²) in [6.45, 7) is 1.65. The summed E-state index contributed by atoms with van der Waals surface area (Å²) < 4.78 is 10.0. The van der Waals surface area contributed by atoms with Gasteiger partial charge < -0.3 is 14.8 Å². The van der Waals surface area contributed by atoms with Gasteiger partial charge in [-0.15, -0.1) is 0 Å². The molecule has 11 nitrogen and oxygen atoms in total. The Balaban J connectivity index is 2.00. The van der Waals surface area contributed by atoms with Crippen LogP contribution in [0.5, 0.6) is 5.75 Å². The minimum absolute atomic E-state index is 0.408. The Morgan fingerprint density at radius 1 is 1.00 bits per heavy atom. The lowest BCUT2D eigenvalue weighted by Gasteiger charge is -2.08. The number of nitro groups is 2. The first kappa shape index (κ1) is 20.3. The van der Waals surface area contributed by atoms with Gasteiger partial charge in [-0.3, -0.25) is 25.0 Å². The van der Waals surface area contributed by atoms with Gasteiger partial charge in [0.05, 0.1) is 28.1 Å². The SMILES string of the molecule is CCOc1ccc(NC(=O)COC(=O)c2cc([N+](=O)[O-])cc([N+](=O)[O-])c2)cc1. The fraction of sp³-hybridized carbons (Fsp3) is 0.176. The van der Waals surface area contributed by atoms with E-state index in [0.717, 1.165) is 18.2 Å². The lowest BCUT2D eigenvalue weighted by atomic mass is 10.2. The molecule has 0 aromatic heterocycles. The predicted molar refractivity (Wildman–Crippen MR) is 96.3 cm³/mol. The molecule has 0 spiro atoms. The van der Waals surface area contributed by atoms with E-state index in [9.17, 15) is 29.8 Å². The molecule has 0 aliphatic rings. The van der Waals surface area contributed by atoms with Crippen molar-refractivity contribution in [1.82, 2.24) is 0 Å². The van der Waals surface area contributed by atoms with Gasteiger partial charge in [-0.25, -0.2) is 4.79 Å². The number of amides is 1. The molecule has 2 aromatic carbocycles. The van der Waals surface area contributed by atoms with Crippen LogP contribution in [-0.4, -0.2) is 34.9 Å². The maximum absolute atomic E-state index is 12.0. The highest BCUT2D eigenvalue weighted by Gasteiger charge is 2.21. The van der Waals surface area contributed by atoms with E-state index in [0.29, 0.717) is 18.0 Å². The standard InChI is InChI=1S/C17H15N3O8/c1-2-27-15-5-3-12(4-6-15)18-16(21)10-28-17(22)11-7-13(19(23)24)9-14(8-11)20(25)26/h3-9H,2,10H2,1H3,(H,18,21). The molecule has 0 aliphatic heterocycles. The summed E-state index contributed by atoms with van der Waals surface area (Å²) in [6, 6.07) is 8.86. The molecule has 0 bridgehead atoms. The third-order valence-electron chi connectivity index (χ3n) is 3.34. The highest BCUT2D eigenvalue weighted by molar-refractivity contribution is 5.96. The number of non-ortho nitro benzene ring substituents is 2. The largest absolute Gasteiger partial charge is 0.494 e. The maximum Gasteiger partial charge on any atom is 0.339 e. The molecular weight excluding hydrogens is 374 g/mol. The molecular formula is C17H15N3O8. The van der Waals surface area contributed by atoms with Gasteiger partial charge in [-0.05, 0) is 31.2 Å². The number of ether oxygens (including phenoxy) is 2. The summed E-state index contributed by atoms with van der Waals surface area (Å²) >= 11 is 0. The third kappa shape index (κ3) is 5.49. The second-order valence-corrected chi connectivity index (χ2v) is 5.33.